The first kappa shape index (κ1) is 20.5. The Morgan fingerprint density at radius 3 is 2.68 bits per heavy atom. The second-order valence-electron chi connectivity index (χ2n) is 8.32. The third-order valence-electron chi connectivity index (χ3n) is 4.71. The van der Waals surface area contributed by atoms with Crippen molar-refractivity contribution in [2.75, 3.05) is 5.73 Å². The molecule has 0 amide bonds. The van der Waals surface area contributed by atoms with Gasteiger partial charge in [0.25, 0.3) is 0 Å². The molecule has 0 saturated carbocycles. The van der Waals surface area contributed by atoms with E-state index in [4.69, 9.17) is 5.73 Å². The lowest BCUT2D eigenvalue weighted by atomic mass is 9.92. The first-order chi connectivity index (χ1) is 14.7. The number of rotatable bonds is 5. The van der Waals surface area contributed by atoms with Gasteiger partial charge in [0.05, 0.1) is 11.8 Å². The number of aryl methyl sites for hydroxylation is 1. The fourth-order valence-corrected chi connectivity index (χ4v) is 2.96. The number of nitrogens with zero attached hydrogens (tertiary/aromatic N) is 8. The van der Waals surface area contributed by atoms with Gasteiger partial charge in [0, 0.05) is 18.3 Å². The van der Waals surface area contributed by atoms with E-state index in [1.54, 1.807) is 16.9 Å². The number of nitrogens with two attached hydrogens (primary N) is 1. The quantitative estimate of drug-likeness (QED) is 0.522. The summed E-state index contributed by atoms with van der Waals surface area (Å²) in [5.74, 6) is -1.82. The molecule has 11 heteroatoms. The second kappa shape index (κ2) is 7.82. The molecule has 0 fully saturated rings. The predicted octanol–water partition coefficient (Wildman–Crippen LogP) is 3.28. The van der Waals surface area contributed by atoms with Crippen LogP contribution in [0.25, 0.3) is 28.3 Å². The van der Waals surface area contributed by atoms with Crippen molar-refractivity contribution in [3.05, 3.63) is 48.3 Å². The minimum atomic E-state index is -1.07. The van der Waals surface area contributed by atoms with Gasteiger partial charge in [-0.2, -0.15) is 4.68 Å². The van der Waals surface area contributed by atoms with Crippen molar-refractivity contribution in [2.45, 2.75) is 33.7 Å². The fraction of sp³-hybridized carbons (Fsp3) is 0.300. The summed E-state index contributed by atoms with van der Waals surface area (Å²) in [6.45, 7) is 7.20. The first-order valence-corrected chi connectivity index (χ1v) is 9.62. The fourth-order valence-electron chi connectivity index (χ4n) is 2.96. The molecule has 0 aliphatic carbocycles. The predicted molar refractivity (Wildman–Crippen MR) is 110 cm³/mol. The number of anilines is 1. The van der Waals surface area contributed by atoms with Gasteiger partial charge in [-0.25, -0.2) is 13.8 Å². The van der Waals surface area contributed by atoms with Crippen LogP contribution in [0.3, 0.4) is 0 Å². The van der Waals surface area contributed by atoms with Crippen LogP contribution in [0.2, 0.25) is 0 Å². The molecule has 4 rings (SSSR count). The molecule has 0 atom stereocenters. The first-order valence-electron chi connectivity index (χ1n) is 9.62. The van der Waals surface area contributed by atoms with Crippen molar-refractivity contribution in [3.8, 4) is 28.3 Å². The standard InChI is InChI=1S/C20H21F2N9/c1-20(2,3)7-8-30-11-15(25-28-30)12-9-13(18(23)24-10-12)19-26-27-29-31(19)16-6-4-5-14(21)17(16)22/h4-6,9-11H,7-8H2,1-3H3,(H2,23,24). The van der Waals surface area contributed by atoms with Crippen LogP contribution >= 0.6 is 0 Å². The van der Waals surface area contributed by atoms with Crippen molar-refractivity contribution in [1.82, 2.24) is 40.2 Å². The normalized spacial score (nSPS) is 11.8. The molecule has 0 saturated heterocycles. The van der Waals surface area contributed by atoms with Gasteiger partial charge in [-0.1, -0.05) is 32.1 Å². The van der Waals surface area contributed by atoms with Crippen molar-refractivity contribution in [3.63, 3.8) is 0 Å². The molecule has 0 radical (unpaired) electrons. The highest BCUT2D eigenvalue weighted by Crippen LogP contribution is 2.29. The molecule has 4 aromatic rings. The summed E-state index contributed by atoms with van der Waals surface area (Å²) >= 11 is 0. The highest BCUT2D eigenvalue weighted by molar-refractivity contribution is 5.75. The van der Waals surface area contributed by atoms with Crippen molar-refractivity contribution in [2.24, 2.45) is 5.41 Å². The van der Waals surface area contributed by atoms with Crippen LogP contribution in [-0.2, 0) is 6.54 Å². The van der Waals surface area contributed by atoms with Gasteiger partial charge < -0.3 is 5.73 Å². The number of halogens is 2. The zero-order valence-corrected chi connectivity index (χ0v) is 17.3. The van der Waals surface area contributed by atoms with Gasteiger partial charge in [-0.15, -0.1) is 10.2 Å². The molecule has 0 aliphatic heterocycles. The summed E-state index contributed by atoms with van der Waals surface area (Å²) in [6.07, 6.45) is 4.32. The summed E-state index contributed by atoms with van der Waals surface area (Å²) < 4.78 is 30.8. The van der Waals surface area contributed by atoms with Gasteiger partial charge >= 0.3 is 0 Å². The van der Waals surface area contributed by atoms with E-state index < -0.39 is 11.6 Å². The number of hydrogen-bond acceptors (Lipinski definition) is 7. The Morgan fingerprint density at radius 2 is 1.90 bits per heavy atom. The molecule has 3 heterocycles. The summed E-state index contributed by atoms with van der Waals surface area (Å²) in [5, 5.41) is 19.7. The van der Waals surface area contributed by atoms with E-state index in [0.717, 1.165) is 23.7 Å². The van der Waals surface area contributed by atoms with Crippen molar-refractivity contribution in [1.29, 1.82) is 0 Å². The van der Waals surface area contributed by atoms with Crippen LogP contribution in [0.15, 0.2) is 36.7 Å². The van der Waals surface area contributed by atoms with Gasteiger partial charge in [-0.05, 0) is 40.5 Å². The topological polar surface area (TPSA) is 113 Å². The average molecular weight is 425 g/mol. The summed E-state index contributed by atoms with van der Waals surface area (Å²) in [7, 11) is 0. The van der Waals surface area contributed by atoms with Crippen LogP contribution in [0.1, 0.15) is 27.2 Å². The minimum Gasteiger partial charge on any atom is -0.383 e. The second-order valence-corrected chi connectivity index (χ2v) is 8.32. The maximum absolute atomic E-state index is 14.3. The van der Waals surface area contributed by atoms with Crippen LogP contribution in [0, 0.1) is 17.0 Å². The van der Waals surface area contributed by atoms with Gasteiger partial charge in [-0.3, -0.25) is 4.68 Å². The Balaban J connectivity index is 1.70. The Bertz CT molecular complexity index is 1220. The van der Waals surface area contributed by atoms with Crippen molar-refractivity contribution < 1.29 is 8.78 Å². The Hall–Kier alpha value is -3.76. The molecule has 0 unspecified atom stereocenters. The lowest BCUT2D eigenvalue weighted by Crippen LogP contribution is -2.10. The summed E-state index contributed by atoms with van der Waals surface area (Å²) in [5.41, 5.74) is 7.67. The average Bonchev–Trinajstić information content (AvgIpc) is 3.38. The van der Waals surface area contributed by atoms with Crippen LogP contribution in [0.4, 0.5) is 14.6 Å². The Morgan fingerprint density at radius 1 is 1.10 bits per heavy atom. The molecule has 0 aliphatic rings. The van der Waals surface area contributed by atoms with Crippen LogP contribution in [0.5, 0.6) is 0 Å². The smallest absolute Gasteiger partial charge is 0.190 e. The van der Waals surface area contributed by atoms with Crippen LogP contribution in [-0.4, -0.2) is 40.2 Å². The SMILES string of the molecule is CC(C)(C)CCn1cc(-c2cnc(N)c(-c3nnnn3-c3cccc(F)c3F)c2)nn1. The third-order valence-corrected chi connectivity index (χ3v) is 4.71. The van der Waals surface area contributed by atoms with E-state index in [1.165, 1.54) is 12.1 Å². The Labute approximate surface area is 176 Å². The largest absolute Gasteiger partial charge is 0.383 e. The number of tetrazole rings is 1. The summed E-state index contributed by atoms with van der Waals surface area (Å²) in [4.78, 5) is 4.20. The van der Waals surface area contributed by atoms with E-state index in [9.17, 15) is 8.78 Å². The lowest BCUT2D eigenvalue weighted by molar-refractivity contribution is 0.339. The minimum absolute atomic E-state index is 0.122. The number of aromatic nitrogens is 8. The molecule has 9 nitrogen and oxygen atoms in total. The molecule has 0 spiro atoms. The Kier molecular flexibility index (Phi) is 5.17. The molecule has 0 bridgehead atoms. The number of benzene rings is 1. The zero-order valence-electron chi connectivity index (χ0n) is 17.3. The van der Waals surface area contributed by atoms with Gasteiger partial charge in [0.1, 0.15) is 17.2 Å². The molecule has 1 aromatic carbocycles. The van der Waals surface area contributed by atoms with E-state index in [0.29, 0.717) is 16.8 Å². The van der Waals surface area contributed by atoms with E-state index in [2.05, 4.69) is 51.6 Å². The molecule has 3 aromatic heterocycles. The maximum Gasteiger partial charge on any atom is 0.190 e. The number of hydrogen-bond donors (Lipinski definition) is 1. The molecule has 31 heavy (non-hydrogen) atoms. The molecule has 2 N–H and O–H groups in total. The van der Waals surface area contributed by atoms with Crippen molar-refractivity contribution >= 4 is 5.82 Å². The molecule has 160 valence electrons. The monoisotopic (exact) mass is 425 g/mol. The highest BCUT2D eigenvalue weighted by atomic mass is 19.2. The number of pyridine rings is 1. The summed E-state index contributed by atoms with van der Waals surface area (Å²) in [6, 6.07) is 5.45. The highest BCUT2D eigenvalue weighted by Gasteiger charge is 2.20. The van der Waals surface area contributed by atoms with Crippen LogP contribution < -0.4 is 5.73 Å². The number of nitrogen functional groups attached to an aromatic ring is 1. The van der Waals surface area contributed by atoms with E-state index >= 15 is 0 Å². The lowest BCUT2D eigenvalue weighted by Gasteiger charge is -2.17. The van der Waals surface area contributed by atoms with E-state index in [1.807, 2.05) is 6.20 Å². The molecular formula is C20H21F2N9. The van der Waals surface area contributed by atoms with Gasteiger partial charge in [0.2, 0.25) is 0 Å². The third kappa shape index (κ3) is 4.25. The molecular weight excluding hydrogens is 404 g/mol. The van der Waals surface area contributed by atoms with Gasteiger partial charge in [0.15, 0.2) is 17.5 Å². The van der Waals surface area contributed by atoms with E-state index in [-0.39, 0.29) is 22.7 Å². The maximum atomic E-state index is 14.3. The zero-order chi connectivity index (χ0) is 22.2.